The van der Waals surface area contributed by atoms with Crippen LogP contribution in [0, 0.1) is 11.8 Å². The van der Waals surface area contributed by atoms with Gasteiger partial charge in [-0.1, -0.05) is 82.7 Å². The highest BCUT2D eigenvalue weighted by Crippen LogP contribution is 2.66. The Hall–Kier alpha value is -4.03. The lowest BCUT2D eigenvalue weighted by atomic mass is 9.55. The Kier molecular flexibility index (Phi) is 4.79. The van der Waals surface area contributed by atoms with Crippen molar-refractivity contribution in [2.45, 2.75) is 10.2 Å². The van der Waals surface area contributed by atoms with E-state index < -0.39 is 16.2 Å². The van der Waals surface area contributed by atoms with Gasteiger partial charge in [0.25, 0.3) is 5.91 Å². The maximum Gasteiger partial charge on any atom is 0.255 e. The zero-order chi connectivity index (χ0) is 25.3. The van der Waals surface area contributed by atoms with Gasteiger partial charge in [-0.2, -0.15) is 0 Å². The molecular weight excluding hydrogens is 528 g/mol. The number of benzene rings is 4. The number of carbonyl (C=O) groups excluding carboxylic acids is 3. The van der Waals surface area contributed by atoms with Gasteiger partial charge in [-0.15, -0.1) is 0 Å². The predicted octanol–water partition coefficient (Wildman–Crippen LogP) is 5.84. The molecule has 3 amide bonds. The standard InChI is InChI=1S/C31H21BrN2O3/c32-31-23-12-6-4-10-21(23)25(22-11-5-7-13-24(22)31)26-27(31)30(37)34(29(26)36)20-16-14-19(15-17-20)33-28(35)18-8-2-1-3-9-18/h1-17,25-27H,(H,33,35)/t25?,26-,27-,31?/m1/s1. The average Bonchev–Trinajstić information content (AvgIpc) is 3.21. The van der Waals surface area contributed by atoms with Crippen LogP contribution in [0.4, 0.5) is 11.4 Å². The fourth-order valence-electron chi connectivity index (χ4n) is 6.42. The molecule has 8 rings (SSSR count). The van der Waals surface area contributed by atoms with Crippen LogP contribution in [0.25, 0.3) is 0 Å². The molecule has 37 heavy (non-hydrogen) atoms. The summed E-state index contributed by atoms with van der Waals surface area (Å²) >= 11 is 4.02. The smallest absolute Gasteiger partial charge is 0.255 e. The van der Waals surface area contributed by atoms with Crippen LogP contribution in [0.3, 0.4) is 0 Å². The van der Waals surface area contributed by atoms with E-state index in [2.05, 4.69) is 45.5 Å². The first-order chi connectivity index (χ1) is 18.0. The predicted molar refractivity (Wildman–Crippen MR) is 145 cm³/mol. The number of anilines is 2. The topological polar surface area (TPSA) is 66.5 Å². The highest BCUT2D eigenvalue weighted by molar-refractivity contribution is 9.09. The number of nitrogens with one attached hydrogen (secondary N) is 1. The van der Waals surface area contributed by atoms with E-state index in [-0.39, 0.29) is 23.6 Å². The quantitative estimate of drug-likeness (QED) is 0.258. The first-order valence-electron chi connectivity index (χ1n) is 12.2. The van der Waals surface area contributed by atoms with Crippen LogP contribution in [0.2, 0.25) is 0 Å². The van der Waals surface area contributed by atoms with Crippen LogP contribution in [0.15, 0.2) is 103 Å². The molecule has 4 aromatic rings. The van der Waals surface area contributed by atoms with Crippen molar-refractivity contribution in [2.75, 3.05) is 10.2 Å². The first-order valence-corrected chi connectivity index (χ1v) is 13.0. The maximum atomic E-state index is 14.0. The molecular formula is C31H21BrN2O3. The molecule has 1 N–H and O–H groups in total. The molecule has 0 saturated carbocycles. The highest BCUT2D eigenvalue weighted by Gasteiger charge is 2.67. The summed E-state index contributed by atoms with van der Waals surface area (Å²) in [5.41, 5.74) is 5.96. The molecule has 2 atom stereocenters. The summed E-state index contributed by atoms with van der Waals surface area (Å²) in [6.45, 7) is 0. The van der Waals surface area contributed by atoms with Gasteiger partial charge in [0.1, 0.15) is 0 Å². The third-order valence-electron chi connectivity index (χ3n) is 7.93. The number of alkyl halides is 1. The molecule has 1 saturated heterocycles. The number of hydrogen-bond donors (Lipinski definition) is 1. The summed E-state index contributed by atoms with van der Waals surface area (Å²) in [5, 5.41) is 2.87. The van der Waals surface area contributed by atoms with Gasteiger partial charge in [-0.3, -0.25) is 14.4 Å². The fourth-order valence-corrected chi connectivity index (χ4v) is 7.62. The van der Waals surface area contributed by atoms with E-state index >= 15 is 0 Å². The summed E-state index contributed by atoms with van der Waals surface area (Å²) in [5.74, 6) is -1.83. The largest absolute Gasteiger partial charge is 0.322 e. The minimum Gasteiger partial charge on any atom is -0.322 e. The van der Waals surface area contributed by atoms with Crippen LogP contribution in [-0.2, 0) is 13.9 Å². The molecule has 6 heteroatoms. The Bertz CT molecular complexity index is 1550. The average molecular weight is 549 g/mol. The van der Waals surface area contributed by atoms with Crippen molar-refractivity contribution in [1.82, 2.24) is 0 Å². The van der Waals surface area contributed by atoms with Crippen molar-refractivity contribution in [3.8, 4) is 0 Å². The Morgan fingerprint density at radius 2 is 1.30 bits per heavy atom. The third kappa shape index (κ3) is 2.99. The normalized spacial score (nSPS) is 24.9. The lowest BCUT2D eigenvalue weighted by molar-refractivity contribution is -0.122. The van der Waals surface area contributed by atoms with E-state index in [4.69, 9.17) is 0 Å². The number of carbonyl (C=O) groups is 3. The summed E-state index contributed by atoms with van der Waals surface area (Å²) in [7, 11) is 0. The summed E-state index contributed by atoms with van der Waals surface area (Å²) < 4.78 is -0.773. The number of imide groups is 1. The van der Waals surface area contributed by atoms with E-state index in [1.54, 1.807) is 36.4 Å². The Balaban J connectivity index is 1.25. The monoisotopic (exact) mass is 548 g/mol. The molecule has 1 heterocycles. The molecule has 5 nitrogen and oxygen atoms in total. The summed E-state index contributed by atoms with van der Waals surface area (Å²) in [4.78, 5) is 41.8. The number of nitrogens with zero attached hydrogens (tertiary/aromatic N) is 1. The van der Waals surface area contributed by atoms with Gasteiger partial charge in [0, 0.05) is 17.2 Å². The first kappa shape index (κ1) is 22.2. The summed E-state index contributed by atoms with van der Waals surface area (Å²) in [6, 6.07) is 32.1. The molecule has 2 bridgehead atoms. The maximum absolute atomic E-state index is 14.0. The second-order valence-electron chi connectivity index (χ2n) is 9.75. The van der Waals surface area contributed by atoms with Crippen molar-refractivity contribution >= 4 is 45.0 Å². The SMILES string of the molecule is O=C(Nc1ccc(N2C(=O)[C@@H]3C4c5ccccc5C(Br)(c5ccccc54)[C@H]3C2=O)cc1)c1ccccc1. The van der Waals surface area contributed by atoms with Crippen molar-refractivity contribution in [3.05, 3.63) is 131 Å². The molecule has 0 spiro atoms. The highest BCUT2D eigenvalue weighted by atomic mass is 79.9. The van der Waals surface area contributed by atoms with Crippen LogP contribution < -0.4 is 10.2 Å². The van der Waals surface area contributed by atoms with Gasteiger partial charge in [0.2, 0.25) is 11.8 Å². The lowest BCUT2D eigenvalue weighted by Crippen LogP contribution is -2.50. The van der Waals surface area contributed by atoms with Crippen molar-refractivity contribution in [3.63, 3.8) is 0 Å². The second-order valence-corrected chi connectivity index (χ2v) is 11.0. The lowest BCUT2D eigenvalue weighted by Gasteiger charge is -2.51. The molecule has 4 aliphatic rings. The van der Waals surface area contributed by atoms with Crippen molar-refractivity contribution < 1.29 is 14.4 Å². The minimum atomic E-state index is -0.773. The third-order valence-corrected chi connectivity index (χ3v) is 9.28. The van der Waals surface area contributed by atoms with E-state index in [1.807, 2.05) is 42.5 Å². The van der Waals surface area contributed by atoms with Gasteiger partial charge in [-0.25, -0.2) is 4.90 Å². The number of rotatable bonds is 3. The fraction of sp³-hybridized carbons (Fsp3) is 0.129. The van der Waals surface area contributed by atoms with Gasteiger partial charge >= 0.3 is 0 Å². The van der Waals surface area contributed by atoms with Crippen LogP contribution in [0.1, 0.15) is 38.5 Å². The number of amides is 3. The van der Waals surface area contributed by atoms with Gasteiger partial charge in [-0.05, 0) is 58.7 Å². The Morgan fingerprint density at radius 3 is 1.92 bits per heavy atom. The van der Waals surface area contributed by atoms with Crippen molar-refractivity contribution in [1.29, 1.82) is 0 Å². The number of hydrogen-bond acceptors (Lipinski definition) is 3. The Labute approximate surface area is 222 Å². The molecule has 1 fully saturated rings. The molecule has 180 valence electrons. The summed E-state index contributed by atoms with van der Waals surface area (Å²) in [6.07, 6.45) is 0. The van der Waals surface area contributed by atoms with E-state index in [0.29, 0.717) is 16.9 Å². The van der Waals surface area contributed by atoms with E-state index in [9.17, 15) is 14.4 Å². The van der Waals surface area contributed by atoms with Crippen LogP contribution in [-0.4, -0.2) is 17.7 Å². The minimum absolute atomic E-state index is 0.178. The molecule has 0 aromatic heterocycles. The van der Waals surface area contributed by atoms with Crippen LogP contribution in [0.5, 0.6) is 0 Å². The molecule has 3 aliphatic carbocycles. The molecule has 0 unspecified atom stereocenters. The number of halogens is 1. The molecule has 0 radical (unpaired) electrons. The van der Waals surface area contributed by atoms with Crippen molar-refractivity contribution in [2.24, 2.45) is 11.8 Å². The van der Waals surface area contributed by atoms with Crippen LogP contribution >= 0.6 is 15.9 Å². The second kappa shape index (κ2) is 7.98. The van der Waals surface area contributed by atoms with Gasteiger partial charge < -0.3 is 5.32 Å². The molecule has 4 aromatic carbocycles. The Morgan fingerprint density at radius 1 is 0.730 bits per heavy atom. The zero-order valence-electron chi connectivity index (χ0n) is 19.6. The van der Waals surface area contributed by atoms with Gasteiger partial charge in [0.15, 0.2) is 0 Å². The van der Waals surface area contributed by atoms with E-state index in [0.717, 1.165) is 22.3 Å². The zero-order valence-corrected chi connectivity index (χ0v) is 21.2. The van der Waals surface area contributed by atoms with E-state index in [1.165, 1.54) is 4.90 Å². The van der Waals surface area contributed by atoms with Gasteiger partial charge in [0.05, 0.1) is 21.8 Å². The molecule has 1 aliphatic heterocycles.